The normalized spacial score (nSPS) is 11.9. The Kier molecular flexibility index (Phi) is 4.62. The molecule has 2 aromatic heterocycles. The van der Waals surface area contributed by atoms with Gasteiger partial charge in [0.15, 0.2) is 0 Å². The van der Waals surface area contributed by atoms with Gasteiger partial charge in [-0.15, -0.1) is 0 Å². The number of nitrogens with zero attached hydrogens (tertiary/aromatic N) is 1. The van der Waals surface area contributed by atoms with Crippen LogP contribution in [0.4, 0.5) is 24.8 Å². The Hall–Kier alpha value is -3.46. The number of nitrogens with one attached hydrogen (secondary N) is 3. The van der Waals surface area contributed by atoms with Crippen LogP contribution in [0.25, 0.3) is 21.9 Å². The number of benzene rings is 3. The van der Waals surface area contributed by atoms with Crippen molar-refractivity contribution in [1.29, 1.82) is 0 Å². The van der Waals surface area contributed by atoms with Gasteiger partial charge in [0.25, 0.3) is 0 Å². The summed E-state index contributed by atoms with van der Waals surface area (Å²) >= 11 is 3.16. The number of hydrogen-bond acceptors (Lipinski definition) is 3. The number of alkyl halides is 3. The average molecular weight is 487 g/mol. The van der Waals surface area contributed by atoms with Crippen LogP contribution in [-0.4, -0.2) is 15.0 Å². The molecule has 0 aliphatic heterocycles. The zero-order valence-corrected chi connectivity index (χ0v) is 17.3. The number of aromatic nitrogens is 3. The van der Waals surface area contributed by atoms with Gasteiger partial charge in [0.1, 0.15) is 17.0 Å². The lowest BCUT2D eigenvalue weighted by molar-refractivity contribution is -0.137. The third-order valence-corrected chi connectivity index (χ3v) is 5.35. The fraction of sp³-hybridized carbons (Fsp3) is 0.0455. The van der Waals surface area contributed by atoms with Gasteiger partial charge in [-0.2, -0.15) is 13.2 Å². The summed E-state index contributed by atoms with van der Waals surface area (Å²) in [5, 5.41) is 4.16. The van der Waals surface area contributed by atoms with E-state index in [1.54, 1.807) is 24.3 Å². The molecule has 9 heteroatoms. The first-order valence-corrected chi connectivity index (χ1v) is 10.0. The standard InChI is InChI=1S/C22H14BrF3N4O/c23-17-9-13(22(24,25)26)10-19-20(17)30-21(29-19)28-14-2-5-15(6-3-14)31-16-4-1-12-7-8-27-18(12)11-16/h1-11,27H,(H2,28,29,30). The van der Waals surface area contributed by atoms with Crippen LogP contribution < -0.4 is 10.1 Å². The quantitative estimate of drug-likeness (QED) is 0.248. The van der Waals surface area contributed by atoms with Crippen molar-refractivity contribution in [2.24, 2.45) is 0 Å². The van der Waals surface area contributed by atoms with Crippen LogP contribution in [-0.2, 0) is 6.18 Å². The van der Waals surface area contributed by atoms with E-state index in [4.69, 9.17) is 4.74 Å². The lowest BCUT2D eigenvalue weighted by atomic mass is 10.2. The molecule has 3 aromatic carbocycles. The van der Waals surface area contributed by atoms with Gasteiger partial charge in [-0.3, -0.25) is 0 Å². The van der Waals surface area contributed by atoms with Crippen molar-refractivity contribution in [2.75, 3.05) is 5.32 Å². The number of ether oxygens (including phenoxy) is 1. The monoisotopic (exact) mass is 486 g/mol. The number of aromatic amines is 2. The number of imidazole rings is 1. The molecule has 156 valence electrons. The molecular formula is C22H14BrF3N4O. The molecular weight excluding hydrogens is 473 g/mol. The van der Waals surface area contributed by atoms with E-state index in [9.17, 15) is 13.2 Å². The summed E-state index contributed by atoms with van der Waals surface area (Å²) < 4.78 is 45.2. The van der Waals surface area contributed by atoms with E-state index in [0.29, 0.717) is 28.7 Å². The number of halogens is 4. The summed E-state index contributed by atoms with van der Waals surface area (Å²) in [5.74, 6) is 1.69. The largest absolute Gasteiger partial charge is 0.457 e. The van der Waals surface area contributed by atoms with Crippen molar-refractivity contribution < 1.29 is 17.9 Å². The third-order valence-electron chi connectivity index (χ3n) is 4.75. The molecule has 5 nitrogen and oxygen atoms in total. The Labute approximate surface area is 182 Å². The predicted octanol–water partition coefficient (Wildman–Crippen LogP) is 7.36. The van der Waals surface area contributed by atoms with Crippen LogP contribution >= 0.6 is 15.9 Å². The fourth-order valence-electron chi connectivity index (χ4n) is 3.27. The molecule has 0 radical (unpaired) electrons. The minimum Gasteiger partial charge on any atom is -0.457 e. The van der Waals surface area contributed by atoms with Crippen LogP contribution in [0.5, 0.6) is 11.5 Å². The summed E-state index contributed by atoms with van der Waals surface area (Å²) in [4.78, 5) is 10.4. The molecule has 0 saturated carbocycles. The molecule has 0 amide bonds. The number of H-pyrrole nitrogens is 2. The van der Waals surface area contributed by atoms with Crippen LogP contribution in [0.15, 0.2) is 71.3 Å². The van der Waals surface area contributed by atoms with E-state index in [1.165, 1.54) is 0 Å². The highest BCUT2D eigenvalue weighted by molar-refractivity contribution is 9.10. The minimum atomic E-state index is -4.43. The summed E-state index contributed by atoms with van der Waals surface area (Å²) in [7, 11) is 0. The van der Waals surface area contributed by atoms with Crippen molar-refractivity contribution in [3.05, 3.63) is 76.9 Å². The Morgan fingerprint density at radius 1 is 0.903 bits per heavy atom. The summed E-state index contributed by atoms with van der Waals surface area (Å²) in [6.07, 6.45) is -2.56. The van der Waals surface area contributed by atoms with Crippen LogP contribution in [0, 0.1) is 0 Å². The van der Waals surface area contributed by atoms with Gasteiger partial charge in [-0.05, 0) is 75.9 Å². The molecule has 5 aromatic rings. The number of fused-ring (bicyclic) bond motifs is 2. The highest BCUT2D eigenvalue weighted by atomic mass is 79.9. The van der Waals surface area contributed by atoms with E-state index >= 15 is 0 Å². The maximum Gasteiger partial charge on any atom is 0.416 e. The molecule has 3 N–H and O–H groups in total. The molecule has 0 atom stereocenters. The first-order valence-electron chi connectivity index (χ1n) is 9.24. The van der Waals surface area contributed by atoms with Crippen molar-refractivity contribution in [2.45, 2.75) is 6.18 Å². The summed E-state index contributed by atoms with van der Waals surface area (Å²) in [6, 6.07) is 17.0. The Morgan fingerprint density at radius 3 is 2.45 bits per heavy atom. The van der Waals surface area contributed by atoms with Gasteiger partial charge < -0.3 is 20.0 Å². The molecule has 2 heterocycles. The van der Waals surface area contributed by atoms with E-state index in [-0.39, 0.29) is 9.99 Å². The first kappa shape index (κ1) is 19.5. The van der Waals surface area contributed by atoms with Gasteiger partial charge in [-0.1, -0.05) is 0 Å². The Balaban J connectivity index is 1.34. The second-order valence-electron chi connectivity index (χ2n) is 6.92. The fourth-order valence-corrected chi connectivity index (χ4v) is 3.82. The number of hydrogen-bond donors (Lipinski definition) is 3. The molecule has 0 unspecified atom stereocenters. The second-order valence-corrected chi connectivity index (χ2v) is 7.77. The first-order chi connectivity index (χ1) is 14.8. The van der Waals surface area contributed by atoms with Crippen LogP contribution in [0.2, 0.25) is 0 Å². The maximum atomic E-state index is 13.0. The van der Waals surface area contributed by atoms with E-state index < -0.39 is 11.7 Å². The van der Waals surface area contributed by atoms with Crippen LogP contribution in [0.1, 0.15) is 5.56 Å². The lowest BCUT2D eigenvalue weighted by Gasteiger charge is -2.07. The van der Waals surface area contributed by atoms with Gasteiger partial charge in [0.2, 0.25) is 5.95 Å². The highest BCUT2D eigenvalue weighted by Crippen LogP contribution is 2.35. The van der Waals surface area contributed by atoms with Crippen molar-refractivity contribution in [3.63, 3.8) is 0 Å². The SMILES string of the molecule is FC(F)(F)c1cc(Br)c2nc(Nc3ccc(Oc4ccc5cc[nH]c5c4)cc3)[nH]c2c1. The molecule has 0 saturated heterocycles. The molecule has 0 spiro atoms. The topological polar surface area (TPSA) is 65.7 Å². The summed E-state index contributed by atoms with van der Waals surface area (Å²) in [5.41, 5.74) is 1.64. The zero-order chi connectivity index (χ0) is 21.6. The van der Waals surface area contributed by atoms with Crippen molar-refractivity contribution >= 4 is 49.5 Å². The molecule has 0 bridgehead atoms. The third kappa shape index (κ3) is 3.96. The smallest absolute Gasteiger partial charge is 0.416 e. The van der Waals surface area contributed by atoms with E-state index in [1.807, 2.05) is 30.5 Å². The molecule has 5 rings (SSSR count). The highest BCUT2D eigenvalue weighted by Gasteiger charge is 2.31. The predicted molar refractivity (Wildman–Crippen MR) is 117 cm³/mol. The van der Waals surface area contributed by atoms with Crippen LogP contribution in [0.3, 0.4) is 0 Å². The van der Waals surface area contributed by atoms with Crippen molar-refractivity contribution in [3.8, 4) is 11.5 Å². The number of anilines is 2. The van der Waals surface area contributed by atoms with Gasteiger partial charge in [0.05, 0.1) is 11.1 Å². The van der Waals surface area contributed by atoms with Crippen molar-refractivity contribution in [1.82, 2.24) is 15.0 Å². The second kappa shape index (κ2) is 7.35. The van der Waals surface area contributed by atoms with E-state index in [0.717, 1.165) is 23.0 Å². The molecule has 0 aliphatic rings. The zero-order valence-electron chi connectivity index (χ0n) is 15.7. The van der Waals surface area contributed by atoms with Gasteiger partial charge in [0, 0.05) is 27.9 Å². The Bertz CT molecular complexity index is 1390. The average Bonchev–Trinajstić information content (AvgIpc) is 3.35. The van der Waals surface area contributed by atoms with Gasteiger partial charge >= 0.3 is 6.18 Å². The lowest BCUT2D eigenvalue weighted by Crippen LogP contribution is -2.04. The minimum absolute atomic E-state index is 0.268. The van der Waals surface area contributed by atoms with E-state index in [2.05, 4.69) is 36.2 Å². The Morgan fingerprint density at radius 2 is 1.68 bits per heavy atom. The summed E-state index contributed by atoms with van der Waals surface area (Å²) in [6.45, 7) is 0. The molecule has 0 fully saturated rings. The molecule has 31 heavy (non-hydrogen) atoms. The van der Waals surface area contributed by atoms with Gasteiger partial charge in [-0.25, -0.2) is 4.98 Å². The number of rotatable bonds is 4. The maximum absolute atomic E-state index is 13.0. The molecule has 0 aliphatic carbocycles.